The number of fused-ring (bicyclic) bond motifs is 3. The van der Waals surface area contributed by atoms with Crippen LogP contribution in [0.3, 0.4) is 0 Å². The highest BCUT2D eigenvalue weighted by atomic mass is 16.5. The zero-order chi connectivity index (χ0) is 9.38. The van der Waals surface area contributed by atoms with Crippen molar-refractivity contribution in [3.8, 4) is 5.75 Å². The van der Waals surface area contributed by atoms with Gasteiger partial charge >= 0.3 is 0 Å². The Balaban J connectivity index is 2.34. The fourth-order valence-electron chi connectivity index (χ4n) is 1.64. The highest BCUT2D eigenvalue weighted by molar-refractivity contribution is 5.92. The van der Waals surface area contributed by atoms with Gasteiger partial charge in [-0.1, -0.05) is 0 Å². The molecular weight excluding hydrogens is 178 g/mol. The Hall–Kier alpha value is -1.84. The van der Waals surface area contributed by atoms with Crippen LogP contribution in [-0.2, 0) is 0 Å². The molecule has 0 spiro atoms. The van der Waals surface area contributed by atoms with Crippen LogP contribution in [0.1, 0.15) is 0 Å². The number of ether oxygens (including phenoxy) is 1. The van der Waals surface area contributed by atoms with Gasteiger partial charge in [0.15, 0.2) is 11.4 Å². The van der Waals surface area contributed by atoms with Crippen LogP contribution in [0.2, 0.25) is 0 Å². The zero-order valence-electron chi connectivity index (χ0n) is 7.53. The Bertz CT molecular complexity index is 484. The van der Waals surface area contributed by atoms with E-state index in [0.29, 0.717) is 6.61 Å². The molecule has 2 aromatic rings. The summed E-state index contributed by atoms with van der Waals surface area (Å²) in [5.41, 5.74) is 1.76. The SMILES string of the molecule is c1cnc2ncc3c(c2c1)NCCO3. The molecular formula is C10H9N3O. The fraction of sp³-hybridized carbons (Fsp3) is 0.200. The molecule has 0 atom stereocenters. The molecule has 0 radical (unpaired) electrons. The first-order valence-corrected chi connectivity index (χ1v) is 4.55. The van der Waals surface area contributed by atoms with Crippen molar-refractivity contribution >= 4 is 16.7 Å². The van der Waals surface area contributed by atoms with E-state index in [1.54, 1.807) is 12.4 Å². The third kappa shape index (κ3) is 1.00. The molecule has 0 aliphatic carbocycles. The molecule has 3 rings (SSSR count). The summed E-state index contributed by atoms with van der Waals surface area (Å²) in [7, 11) is 0. The Morgan fingerprint density at radius 2 is 2.36 bits per heavy atom. The molecule has 0 aromatic carbocycles. The van der Waals surface area contributed by atoms with Gasteiger partial charge in [-0.3, -0.25) is 0 Å². The summed E-state index contributed by atoms with van der Waals surface area (Å²) in [6.45, 7) is 1.53. The Labute approximate surface area is 80.9 Å². The first-order chi connectivity index (χ1) is 6.95. The number of rotatable bonds is 0. The molecule has 0 amide bonds. The lowest BCUT2D eigenvalue weighted by atomic mass is 10.2. The third-order valence-electron chi connectivity index (χ3n) is 2.27. The van der Waals surface area contributed by atoms with Crippen LogP contribution >= 0.6 is 0 Å². The number of hydrogen-bond donors (Lipinski definition) is 1. The van der Waals surface area contributed by atoms with Crippen molar-refractivity contribution in [1.29, 1.82) is 0 Å². The van der Waals surface area contributed by atoms with Crippen molar-refractivity contribution < 1.29 is 4.74 Å². The van der Waals surface area contributed by atoms with Gasteiger partial charge in [0.1, 0.15) is 6.61 Å². The van der Waals surface area contributed by atoms with Crippen molar-refractivity contribution in [3.05, 3.63) is 24.5 Å². The quantitative estimate of drug-likeness (QED) is 0.677. The number of aromatic nitrogens is 2. The van der Waals surface area contributed by atoms with Crippen molar-refractivity contribution in [3.63, 3.8) is 0 Å². The third-order valence-corrected chi connectivity index (χ3v) is 2.27. The van der Waals surface area contributed by atoms with Gasteiger partial charge in [-0.2, -0.15) is 0 Å². The maximum Gasteiger partial charge on any atom is 0.161 e. The van der Waals surface area contributed by atoms with E-state index in [1.165, 1.54) is 0 Å². The number of nitrogens with one attached hydrogen (secondary N) is 1. The minimum absolute atomic E-state index is 0.695. The van der Waals surface area contributed by atoms with E-state index in [-0.39, 0.29) is 0 Å². The molecule has 3 heterocycles. The smallest absolute Gasteiger partial charge is 0.161 e. The Morgan fingerprint density at radius 3 is 3.36 bits per heavy atom. The molecule has 0 fully saturated rings. The van der Waals surface area contributed by atoms with Crippen LogP contribution in [0.5, 0.6) is 5.75 Å². The molecule has 0 saturated carbocycles. The van der Waals surface area contributed by atoms with Gasteiger partial charge in [-0.05, 0) is 12.1 Å². The highest BCUT2D eigenvalue weighted by Gasteiger charge is 2.13. The van der Waals surface area contributed by atoms with E-state index in [1.807, 2.05) is 12.1 Å². The van der Waals surface area contributed by atoms with E-state index >= 15 is 0 Å². The average molecular weight is 187 g/mol. The summed E-state index contributed by atoms with van der Waals surface area (Å²) >= 11 is 0. The van der Waals surface area contributed by atoms with Crippen LogP contribution in [0, 0.1) is 0 Å². The lowest BCUT2D eigenvalue weighted by Gasteiger charge is -2.19. The van der Waals surface area contributed by atoms with E-state index in [2.05, 4.69) is 15.3 Å². The zero-order valence-corrected chi connectivity index (χ0v) is 7.53. The number of nitrogens with zero attached hydrogens (tertiary/aromatic N) is 2. The van der Waals surface area contributed by atoms with Crippen LogP contribution < -0.4 is 10.1 Å². The summed E-state index contributed by atoms with van der Waals surface area (Å²) in [5, 5.41) is 4.32. The van der Waals surface area contributed by atoms with Gasteiger partial charge in [0.25, 0.3) is 0 Å². The lowest BCUT2D eigenvalue weighted by molar-refractivity contribution is 0.323. The average Bonchev–Trinajstić information content (AvgIpc) is 2.29. The predicted octanol–water partition coefficient (Wildman–Crippen LogP) is 1.43. The maximum absolute atomic E-state index is 5.48. The van der Waals surface area contributed by atoms with Crippen molar-refractivity contribution in [2.24, 2.45) is 0 Å². The number of hydrogen-bond acceptors (Lipinski definition) is 4. The second-order valence-electron chi connectivity index (χ2n) is 3.15. The van der Waals surface area contributed by atoms with E-state index < -0.39 is 0 Å². The molecule has 1 N–H and O–H groups in total. The summed E-state index contributed by atoms with van der Waals surface area (Å²) < 4.78 is 5.48. The normalized spacial score (nSPS) is 14.3. The van der Waals surface area contributed by atoms with Crippen molar-refractivity contribution in [2.75, 3.05) is 18.5 Å². The van der Waals surface area contributed by atoms with E-state index in [9.17, 15) is 0 Å². The molecule has 1 aliphatic heterocycles. The van der Waals surface area contributed by atoms with Crippen molar-refractivity contribution in [2.45, 2.75) is 0 Å². The van der Waals surface area contributed by atoms with Crippen LogP contribution in [0.4, 0.5) is 5.69 Å². The standard InChI is InChI=1S/C10H9N3O/c1-2-7-9-8(14-5-4-11-9)6-13-10(7)12-3-1/h1-3,6,11H,4-5H2. The van der Waals surface area contributed by atoms with Crippen LogP contribution in [-0.4, -0.2) is 23.1 Å². The van der Waals surface area contributed by atoms with Crippen molar-refractivity contribution in [1.82, 2.24) is 9.97 Å². The fourth-order valence-corrected chi connectivity index (χ4v) is 1.64. The molecule has 4 heteroatoms. The van der Waals surface area contributed by atoms with Gasteiger partial charge in [-0.15, -0.1) is 0 Å². The van der Waals surface area contributed by atoms with Crippen LogP contribution in [0.25, 0.3) is 11.0 Å². The Morgan fingerprint density at radius 1 is 1.36 bits per heavy atom. The predicted molar refractivity (Wildman–Crippen MR) is 53.5 cm³/mol. The van der Waals surface area contributed by atoms with E-state index in [0.717, 1.165) is 29.0 Å². The second-order valence-corrected chi connectivity index (χ2v) is 3.15. The summed E-state index contributed by atoms with van der Waals surface area (Å²) in [6, 6.07) is 3.90. The molecule has 0 bridgehead atoms. The van der Waals surface area contributed by atoms with Gasteiger partial charge in [-0.25, -0.2) is 9.97 Å². The first kappa shape index (κ1) is 7.55. The largest absolute Gasteiger partial charge is 0.488 e. The highest BCUT2D eigenvalue weighted by Crippen LogP contribution is 2.32. The minimum Gasteiger partial charge on any atom is -0.488 e. The van der Waals surface area contributed by atoms with Crippen LogP contribution in [0.15, 0.2) is 24.5 Å². The number of pyridine rings is 2. The summed E-state index contributed by atoms with van der Waals surface area (Å²) in [6.07, 6.45) is 3.46. The summed E-state index contributed by atoms with van der Waals surface area (Å²) in [5.74, 6) is 0.816. The Kier molecular flexibility index (Phi) is 1.53. The maximum atomic E-state index is 5.48. The molecule has 70 valence electrons. The van der Waals surface area contributed by atoms with E-state index in [4.69, 9.17) is 4.74 Å². The lowest BCUT2D eigenvalue weighted by Crippen LogP contribution is -2.18. The molecule has 1 aliphatic rings. The monoisotopic (exact) mass is 187 g/mol. The van der Waals surface area contributed by atoms with Gasteiger partial charge in [0, 0.05) is 18.1 Å². The molecule has 0 saturated heterocycles. The molecule has 14 heavy (non-hydrogen) atoms. The minimum atomic E-state index is 0.695. The van der Waals surface area contributed by atoms with Gasteiger partial charge in [0.05, 0.1) is 11.9 Å². The molecule has 2 aromatic heterocycles. The topological polar surface area (TPSA) is 47.0 Å². The first-order valence-electron chi connectivity index (χ1n) is 4.55. The van der Waals surface area contributed by atoms with Gasteiger partial charge in [0.2, 0.25) is 0 Å². The second kappa shape index (κ2) is 2.83. The molecule has 0 unspecified atom stereocenters. The molecule has 4 nitrogen and oxygen atoms in total. The van der Waals surface area contributed by atoms with Gasteiger partial charge < -0.3 is 10.1 Å². The number of anilines is 1. The summed E-state index contributed by atoms with van der Waals surface area (Å²) in [4.78, 5) is 8.40.